The van der Waals surface area contributed by atoms with Gasteiger partial charge in [0.05, 0.1) is 7.11 Å². The number of methoxy groups -OCH3 is 1. The van der Waals surface area contributed by atoms with Gasteiger partial charge in [0.15, 0.2) is 0 Å². The lowest BCUT2D eigenvalue weighted by molar-refractivity contribution is 0.292. The van der Waals surface area contributed by atoms with E-state index >= 15 is 0 Å². The zero-order chi connectivity index (χ0) is 14.5. The molecular formula is C17H26N2OS. The van der Waals surface area contributed by atoms with Crippen molar-refractivity contribution in [1.29, 1.82) is 0 Å². The Hall–Kier alpha value is -0.710. The molecule has 1 saturated carbocycles. The van der Waals surface area contributed by atoms with E-state index in [-0.39, 0.29) is 0 Å². The molecule has 0 aromatic heterocycles. The topological polar surface area (TPSA) is 24.5 Å². The predicted octanol–water partition coefficient (Wildman–Crippen LogP) is 2.78. The average molecular weight is 306 g/mol. The Labute approximate surface area is 132 Å². The molecule has 1 heterocycles. The Morgan fingerprint density at radius 1 is 1.24 bits per heavy atom. The molecule has 1 atom stereocenters. The number of ether oxygens (including phenoxy) is 1. The van der Waals surface area contributed by atoms with Crippen LogP contribution in [0.2, 0.25) is 0 Å². The fourth-order valence-electron chi connectivity index (χ4n) is 3.00. The van der Waals surface area contributed by atoms with Crippen molar-refractivity contribution in [3.8, 4) is 5.75 Å². The summed E-state index contributed by atoms with van der Waals surface area (Å²) in [5.74, 6) is 4.36. The molecule has 1 aliphatic heterocycles. The Balaban J connectivity index is 1.51. The molecule has 2 fully saturated rings. The molecule has 2 aliphatic rings. The van der Waals surface area contributed by atoms with Crippen molar-refractivity contribution in [1.82, 2.24) is 10.2 Å². The maximum atomic E-state index is 5.26. The third-order valence-electron chi connectivity index (χ3n) is 4.46. The van der Waals surface area contributed by atoms with Gasteiger partial charge in [0, 0.05) is 43.7 Å². The summed E-state index contributed by atoms with van der Waals surface area (Å²) < 4.78 is 5.26. The minimum Gasteiger partial charge on any atom is -0.497 e. The van der Waals surface area contributed by atoms with Gasteiger partial charge in [-0.1, -0.05) is 12.1 Å². The van der Waals surface area contributed by atoms with E-state index in [1.165, 1.54) is 49.5 Å². The zero-order valence-electron chi connectivity index (χ0n) is 12.9. The molecule has 0 spiro atoms. The highest BCUT2D eigenvalue weighted by atomic mass is 32.2. The van der Waals surface area contributed by atoms with E-state index in [4.69, 9.17) is 4.74 Å². The molecular weight excluding hydrogens is 280 g/mol. The number of hydrogen-bond acceptors (Lipinski definition) is 4. The van der Waals surface area contributed by atoms with Gasteiger partial charge in [0.25, 0.3) is 0 Å². The lowest BCUT2D eigenvalue weighted by Gasteiger charge is -2.27. The zero-order valence-corrected chi connectivity index (χ0v) is 13.7. The van der Waals surface area contributed by atoms with E-state index in [9.17, 15) is 0 Å². The van der Waals surface area contributed by atoms with Crippen LogP contribution >= 0.6 is 11.8 Å². The normalized spacial score (nSPS) is 21.2. The fraction of sp³-hybridized carbons (Fsp3) is 0.647. The monoisotopic (exact) mass is 306 g/mol. The van der Waals surface area contributed by atoms with E-state index in [0.29, 0.717) is 6.04 Å². The second-order valence-corrected chi connectivity index (χ2v) is 7.22. The summed E-state index contributed by atoms with van der Waals surface area (Å²) in [6, 6.07) is 9.11. The van der Waals surface area contributed by atoms with Crippen LogP contribution in [-0.2, 0) is 0 Å². The van der Waals surface area contributed by atoms with Crippen molar-refractivity contribution in [3.63, 3.8) is 0 Å². The highest BCUT2D eigenvalue weighted by molar-refractivity contribution is 7.99. The molecule has 1 aromatic rings. The number of hydrogen-bond donors (Lipinski definition) is 1. The first-order chi connectivity index (χ1) is 10.4. The van der Waals surface area contributed by atoms with Gasteiger partial charge in [-0.25, -0.2) is 0 Å². The van der Waals surface area contributed by atoms with Crippen LogP contribution in [0.15, 0.2) is 24.3 Å². The maximum Gasteiger partial charge on any atom is 0.118 e. The Morgan fingerprint density at radius 3 is 2.57 bits per heavy atom. The Morgan fingerprint density at radius 2 is 1.95 bits per heavy atom. The quantitative estimate of drug-likeness (QED) is 0.837. The first-order valence-corrected chi connectivity index (χ1v) is 9.20. The molecule has 1 unspecified atom stereocenters. The summed E-state index contributed by atoms with van der Waals surface area (Å²) >= 11 is 2.08. The van der Waals surface area contributed by atoms with Gasteiger partial charge in [-0.3, -0.25) is 0 Å². The van der Waals surface area contributed by atoms with Crippen LogP contribution in [0, 0.1) is 5.92 Å². The van der Waals surface area contributed by atoms with E-state index < -0.39 is 0 Å². The standard InChI is InChI=1S/C17H26N2OS/c1-20-16-6-4-15(5-7-16)17(14-2-3-14)18-8-9-19-10-12-21-13-11-19/h4-7,14,17-18H,2-3,8-13H2,1H3. The van der Waals surface area contributed by atoms with Crippen LogP contribution in [0.3, 0.4) is 0 Å². The first kappa shape index (κ1) is 15.2. The van der Waals surface area contributed by atoms with E-state index in [0.717, 1.165) is 18.2 Å². The lowest BCUT2D eigenvalue weighted by atomic mass is 10.0. The Bertz CT molecular complexity index is 427. The predicted molar refractivity (Wildman–Crippen MR) is 90.2 cm³/mol. The molecule has 1 aromatic carbocycles. The van der Waals surface area contributed by atoms with Crippen LogP contribution in [0.5, 0.6) is 5.75 Å². The molecule has 1 saturated heterocycles. The second-order valence-electron chi connectivity index (χ2n) is 6.00. The van der Waals surface area contributed by atoms with Crippen molar-refractivity contribution < 1.29 is 4.74 Å². The van der Waals surface area contributed by atoms with Crippen LogP contribution < -0.4 is 10.1 Å². The van der Waals surface area contributed by atoms with Crippen molar-refractivity contribution in [2.75, 3.05) is 44.8 Å². The molecule has 0 radical (unpaired) electrons. The molecule has 21 heavy (non-hydrogen) atoms. The van der Waals surface area contributed by atoms with E-state index in [1.807, 2.05) is 0 Å². The third-order valence-corrected chi connectivity index (χ3v) is 5.41. The van der Waals surface area contributed by atoms with Crippen LogP contribution in [0.4, 0.5) is 0 Å². The molecule has 0 bridgehead atoms. The average Bonchev–Trinajstić information content (AvgIpc) is 3.38. The van der Waals surface area contributed by atoms with Gasteiger partial charge in [-0.15, -0.1) is 0 Å². The Kier molecular flexibility index (Phi) is 5.44. The summed E-state index contributed by atoms with van der Waals surface area (Å²) in [6.07, 6.45) is 2.73. The summed E-state index contributed by atoms with van der Waals surface area (Å²) in [7, 11) is 1.72. The minimum absolute atomic E-state index is 0.523. The highest BCUT2D eigenvalue weighted by Crippen LogP contribution is 2.41. The van der Waals surface area contributed by atoms with Crippen molar-refractivity contribution in [2.24, 2.45) is 5.92 Å². The smallest absolute Gasteiger partial charge is 0.118 e. The van der Waals surface area contributed by atoms with Gasteiger partial charge in [0.2, 0.25) is 0 Å². The third kappa shape index (κ3) is 4.38. The number of nitrogens with zero attached hydrogens (tertiary/aromatic N) is 1. The number of rotatable bonds is 7. The lowest BCUT2D eigenvalue weighted by Crippen LogP contribution is -2.38. The molecule has 1 aliphatic carbocycles. The van der Waals surface area contributed by atoms with Crippen molar-refractivity contribution >= 4 is 11.8 Å². The molecule has 3 rings (SSSR count). The number of benzene rings is 1. The SMILES string of the molecule is COc1ccc(C(NCCN2CCSCC2)C2CC2)cc1. The van der Waals surface area contributed by atoms with Gasteiger partial charge in [-0.05, 0) is 36.5 Å². The van der Waals surface area contributed by atoms with E-state index in [2.05, 4.69) is 46.2 Å². The molecule has 4 heteroatoms. The minimum atomic E-state index is 0.523. The highest BCUT2D eigenvalue weighted by Gasteiger charge is 2.31. The maximum absolute atomic E-state index is 5.26. The van der Waals surface area contributed by atoms with Gasteiger partial charge in [-0.2, -0.15) is 11.8 Å². The van der Waals surface area contributed by atoms with Gasteiger partial charge in [0.1, 0.15) is 5.75 Å². The molecule has 1 N–H and O–H groups in total. The van der Waals surface area contributed by atoms with Gasteiger partial charge >= 0.3 is 0 Å². The van der Waals surface area contributed by atoms with Crippen LogP contribution in [-0.4, -0.2) is 49.7 Å². The van der Waals surface area contributed by atoms with Crippen molar-refractivity contribution in [2.45, 2.75) is 18.9 Å². The van der Waals surface area contributed by atoms with E-state index in [1.54, 1.807) is 7.11 Å². The number of thioether (sulfide) groups is 1. The molecule has 3 nitrogen and oxygen atoms in total. The first-order valence-electron chi connectivity index (χ1n) is 8.04. The van der Waals surface area contributed by atoms with Crippen LogP contribution in [0.25, 0.3) is 0 Å². The summed E-state index contributed by atoms with van der Waals surface area (Å²) in [5.41, 5.74) is 1.41. The van der Waals surface area contributed by atoms with Crippen molar-refractivity contribution in [3.05, 3.63) is 29.8 Å². The second kappa shape index (κ2) is 7.52. The summed E-state index contributed by atoms with van der Waals surface area (Å²) in [4.78, 5) is 2.58. The van der Waals surface area contributed by atoms with Gasteiger partial charge < -0.3 is 15.0 Å². The fourth-order valence-corrected chi connectivity index (χ4v) is 3.98. The largest absolute Gasteiger partial charge is 0.497 e. The van der Waals surface area contributed by atoms with Crippen LogP contribution in [0.1, 0.15) is 24.4 Å². The summed E-state index contributed by atoms with van der Waals surface area (Å²) in [5, 5.41) is 3.79. The number of nitrogens with one attached hydrogen (secondary N) is 1. The molecule has 116 valence electrons. The summed E-state index contributed by atoms with van der Waals surface area (Å²) in [6.45, 7) is 4.78. The molecule has 0 amide bonds.